The lowest BCUT2D eigenvalue weighted by Crippen LogP contribution is -1.85. The lowest BCUT2D eigenvalue weighted by molar-refractivity contribution is 0.620. The average Bonchev–Trinajstić information content (AvgIpc) is 1.95. The quantitative estimate of drug-likeness (QED) is 0.487. The van der Waals surface area contributed by atoms with Gasteiger partial charge in [0.2, 0.25) is 0 Å². The van der Waals surface area contributed by atoms with E-state index in [0.717, 1.165) is 0 Å². The first-order valence-corrected chi connectivity index (χ1v) is 3.74. The molecule has 0 spiro atoms. The molecule has 0 unspecified atom stereocenters. The van der Waals surface area contributed by atoms with E-state index in [1.807, 2.05) is 22.6 Å². The second kappa shape index (κ2) is 3.02. The van der Waals surface area contributed by atoms with Gasteiger partial charge in [-0.05, 0) is 34.7 Å². The van der Waals surface area contributed by atoms with Crippen LogP contribution in [0.5, 0.6) is 0 Å². The smallest absolute Gasteiger partial charge is 0.137 e. The number of hydrogen-bond donors (Lipinski definition) is 0. The highest BCUT2D eigenvalue weighted by Gasteiger charge is 2.00. The predicted molar refractivity (Wildman–Crippen MR) is 47.1 cm³/mol. The van der Waals surface area contributed by atoms with Gasteiger partial charge in [0, 0.05) is 5.56 Å². The lowest BCUT2D eigenvalue weighted by Gasteiger charge is -1.95. The number of rotatable bonds is 0. The Labute approximate surface area is 72.6 Å². The minimum atomic E-state index is -0.254. The Morgan fingerprint density at radius 3 is 2.70 bits per heavy atom. The van der Waals surface area contributed by atoms with Gasteiger partial charge in [0.1, 0.15) is 5.82 Å². The molecular formula is C8H4FI. The van der Waals surface area contributed by atoms with E-state index in [-0.39, 0.29) is 5.82 Å². The largest absolute Gasteiger partial charge is 0.206 e. The summed E-state index contributed by atoms with van der Waals surface area (Å²) in [4.78, 5) is 0. The van der Waals surface area contributed by atoms with Gasteiger partial charge in [-0.1, -0.05) is 12.0 Å². The minimum Gasteiger partial charge on any atom is -0.206 e. The molecule has 1 aromatic carbocycles. The Morgan fingerprint density at radius 2 is 2.20 bits per heavy atom. The van der Waals surface area contributed by atoms with E-state index in [0.29, 0.717) is 9.13 Å². The minimum absolute atomic E-state index is 0.254. The highest BCUT2D eigenvalue weighted by Crippen LogP contribution is 2.14. The lowest BCUT2D eigenvalue weighted by atomic mass is 10.2. The van der Waals surface area contributed by atoms with Gasteiger partial charge in [-0.15, -0.1) is 6.42 Å². The van der Waals surface area contributed by atoms with Crippen molar-refractivity contribution in [2.45, 2.75) is 0 Å². The first-order valence-electron chi connectivity index (χ1n) is 2.66. The Morgan fingerprint density at radius 1 is 1.50 bits per heavy atom. The van der Waals surface area contributed by atoms with Crippen LogP contribution in [0, 0.1) is 21.7 Å². The van der Waals surface area contributed by atoms with Crippen molar-refractivity contribution in [2.75, 3.05) is 0 Å². The highest BCUT2D eigenvalue weighted by molar-refractivity contribution is 14.1. The topological polar surface area (TPSA) is 0 Å². The summed E-state index contributed by atoms with van der Waals surface area (Å²) >= 11 is 1.89. The molecule has 1 rings (SSSR count). The van der Waals surface area contributed by atoms with E-state index in [2.05, 4.69) is 5.92 Å². The van der Waals surface area contributed by atoms with Crippen LogP contribution in [0.2, 0.25) is 0 Å². The summed E-state index contributed by atoms with van der Waals surface area (Å²) in [5, 5.41) is 0. The molecule has 0 saturated carbocycles. The van der Waals surface area contributed by atoms with Crippen molar-refractivity contribution in [1.82, 2.24) is 0 Å². The fraction of sp³-hybridized carbons (Fsp3) is 0. The van der Waals surface area contributed by atoms with Crippen molar-refractivity contribution in [3.05, 3.63) is 33.1 Å². The summed E-state index contributed by atoms with van der Waals surface area (Å²) in [5.74, 6) is 2.13. The van der Waals surface area contributed by atoms with E-state index in [1.54, 1.807) is 12.1 Å². The summed E-state index contributed by atoms with van der Waals surface area (Å²) in [5.41, 5.74) is 0.612. The molecule has 0 N–H and O–H groups in total. The predicted octanol–water partition coefficient (Wildman–Crippen LogP) is 2.41. The molecule has 0 aromatic heterocycles. The van der Waals surface area contributed by atoms with Crippen molar-refractivity contribution in [1.29, 1.82) is 0 Å². The molecule has 0 aliphatic heterocycles. The normalized spacial score (nSPS) is 8.90. The van der Waals surface area contributed by atoms with Crippen molar-refractivity contribution in [2.24, 2.45) is 0 Å². The monoisotopic (exact) mass is 246 g/mol. The molecule has 1 aromatic rings. The van der Waals surface area contributed by atoms with Crippen LogP contribution in [0.15, 0.2) is 18.2 Å². The van der Waals surface area contributed by atoms with Gasteiger partial charge in [0.15, 0.2) is 0 Å². The van der Waals surface area contributed by atoms with Crippen LogP contribution < -0.4 is 0 Å². The Hall–Kier alpha value is -0.560. The first-order chi connectivity index (χ1) is 4.75. The standard InChI is InChI=1S/C8H4FI/c1-2-6-4-3-5-7(9)8(6)10/h1,3-5H. The molecule has 0 aliphatic rings. The maximum atomic E-state index is 12.7. The fourth-order valence-electron chi connectivity index (χ4n) is 0.615. The summed E-state index contributed by atoms with van der Waals surface area (Å²) in [6.07, 6.45) is 5.10. The van der Waals surface area contributed by atoms with Gasteiger partial charge in [-0.2, -0.15) is 0 Å². The number of benzene rings is 1. The van der Waals surface area contributed by atoms with Crippen LogP contribution in [-0.4, -0.2) is 0 Å². The van der Waals surface area contributed by atoms with Gasteiger partial charge in [0.25, 0.3) is 0 Å². The summed E-state index contributed by atoms with van der Waals surface area (Å²) in [6.45, 7) is 0. The molecule has 0 fully saturated rings. The van der Waals surface area contributed by atoms with Gasteiger partial charge in [0.05, 0.1) is 3.57 Å². The highest BCUT2D eigenvalue weighted by atomic mass is 127. The zero-order valence-electron chi connectivity index (χ0n) is 5.07. The second-order valence-electron chi connectivity index (χ2n) is 1.75. The summed E-state index contributed by atoms with van der Waals surface area (Å²) in [6, 6.07) is 4.71. The van der Waals surface area contributed by atoms with E-state index in [1.165, 1.54) is 6.07 Å². The van der Waals surface area contributed by atoms with Crippen LogP contribution in [-0.2, 0) is 0 Å². The molecule has 0 amide bonds. The molecule has 50 valence electrons. The molecular weight excluding hydrogens is 242 g/mol. The van der Waals surface area contributed by atoms with Crippen molar-refractivity contribution >= 4 is 22.6 Å². The third-order valence-electron chi connectivity index (χ3n) is 1.11. The fourth-order valence-corrected chi connectivity index (χ4v) is 1.13. The van der Waals surface area contributed by atoms with Crippen LogP contribution in [0.3, 0.4) is 0 Å². The van der Waals surface area contributed by atoms with E-state index in [9.17, 15) is 4.39 Å². The number of hydrogen-bond acceptors (Lipinski definition) is 0. The summed E-state index contributed by atoms with van der Waals surface area (Å²) < 4.78 is 13.2. The zero-order chi connectivity index (χ0) is 7.56. The van der Waals surface area contributed by atoms with E-state index < -0.39 is 0 Å². The molecule has 0 bridgehead atoms. The molecule has 0 heterocycles. The molecule has 10 heavy (non-hydrogen) atoms. The first kappa shape index (κ1) is 7.55. The number of terminal acetylenes is 1. The second-order valence-corrected chi connectivity index (χ2v) is 2.82. The molecule has 0 radical (unpaired) electrons. The molecule has 0 nitrogen and oxygen atoms in total. The molecule has 0 saturated heterocycles. The molecule has 2 heteroatoms. The summed E-state index contributed by atoms with van der Waals surface area (Å²) in [7, 11) is 0. The van der Waals surface area contributed by atoms with Crippen LogP contribution in [0.1, 0.15) is 5.56 Å². The SMILES string of the molecule is C#Cc1cccc(F)c1I. The van der Waals surface area contributed by atoms with Crippen LogP contribution >= 0.6 is 22.6 Å². The molecule has 0 atom stereocenters. The average molecular weight is 246 g/mol. The van der Waals surface area contributed by atoms with Gasteiger partial charge < -0.3 is 0 Å². The van der Waals surface area contributed by atoms with Crippen molar-refractivity contribution < 1.29 is 4.39 Å². The Bertz CT molecular complexity index is 286. The van der Waals surface area contributed by atoms with Crippen molar-refractivity contribution in [3.8, 4) is 12.3 Å². The zero-order valence-corrected chi connectivity index (χ0v) is 7.22. The van der Waals surface area contributed by atoms with Crippen LogP contribution in [0.25, 0.3) is 0 Å². The van der Waals surface area contributed by atoms with Gasteiger partial charge in [-0.3, -0.25) is 0 Å². The third-order valence-corrected chi connectivity index (χ3v) is 2.20. The number of halogens is 2. The maximum Gasteiger partial charge on any atom is 0.137 e. The van der Waals surface area contributed by atoms with Gasteiger partial charge >= 0.3 is 0 Å². The van der Waals surface area contributed by atoms with Crippen molar-refractivity contribution in [3.63, 3.8) is 0 Å². The van der Waals surface area contributed by atoms with Gasteiger partial charge in [-0.25, -0.2) is 4.39 Å². The Balaban J connectivity index is 3.31. The van der Waals surface area contributed by atoms with Crippen LogP contribution in [0.4, 0.5) is 4.39 Å². The Kier molecular flexibility index (Phi) is 2.28. The third kappa shape index (κ3) is 1.29. The van der Waals surface area contributed by atoms with E-state index >= 15 is 0 Å². The maximum absolute atomic E-state index is 12.7. The molecule has 0 aliphatic carbocycles. The van der Waals surface area contributed by atoms with E-state index in [4.69, 9.17) is 6.42 Å².